The SMILES string of the molecule is [2H]C([2H])(c1ccnc2[nH]ccc12)N1CCc2c(NC(=O)Nc3ccccc3C#N)cccc21. The van der Waals surface area contributed by atoms with Crippen LogP contribution in [0.15, 0.2) is 67.0 Å². The largest absolute Gasteiger partial charge is 0.367 e. The number of para-hydroxylation sites is 1. The van der Waals surface area contributed by atoms with Crippen LogP contribution in [0.2, 0.25) is 0 Å². The Hall–Kier alpha value is -4.31. The fraction of sp³-hybridized carbons (Fsp3) is 0.125. The molecule has 0 aliphatic carbocycles. The van der Waals surface area contributed by atoms with Crippen LogP contribution in [0.5, 0.6) is 0 Å². The molecule has 0 unspecified atom stereocenters. The van der Waals surface area contributed by atoms with Gasteiger partial charge in [0.05, 0.1) is 14.0 Å². The summed E-state index contributed by atoms with van der Waals surface area (Å²) in [6, 6.07) is 17.4. The van der Waals surface area contributed by atoms with Crippen LogP contribution in [0.1, 0.15) is 19.4 Å². The van der Waals surface area contributed by atoms with Gasteiger partial charge in [-0.1, -0.05) is 18.2 Å². The van der Waals surface area contributed by atoms with Gasteiger partial charge in [-0.05, 0) is 48.4 Å². The second-order valence-corrected chi connectivity index (χ2v) is 7.15. The lowest BCUT2D eigenvalue weighted by atomic mass is 10.1. The highest BCUT2D eigenvalue weighted by Gasteiger charge is 2.23. The van der Waals surface area contributed by atoms with Crippen molar-refractivity contribution < 1.29 is 7.54 Å². The van der Waals surface area contributed by atoms with E-state index in [1.807, 2.05) is 12.1 Å². The molecule has 152 valence electrons. The number of carbonyl (C=O) groups excluding carboxylic acids is 1. The van der Waals surface area contributed by atoms with Gasteiger partial charge in [-0.15, -0.1) is 0 Å². The Morgan fingerprint density at radius 2 is 2.00 bits per heavy atom. The van der Waals surface area contributed by atoms with E-state index in [9.17, 15) is 10.1 Å². The topological polar surface area (TPSA) is 96.8 Å². The fourth-order valence-electron chi connectivity index (χ4n) is 3.84. The van der Waals surface area contributed by atoms with E-state index >= 15 is 0 Å². The molecule has 0 fully saturated rings. The van der Waals surface area contributed by atoms with Crippen molar-refractivity contribution in [3.63, 3.8) is 0 Å². The number of anilines is 3. The van der Waals surface area contributed by atoms with Crippen LogP contribution in [0.4, 0.5) is 21.9 Å². The molecule has 2 amide bonds. The molecule has 4 aromatic rings. The third-order valence-electron chi connectivity index (χ3n) is 5.29. The van der Waals surface area contributed by atoms with Crippen molar-refractivity contribution in [3.05, 3.63) is 83.7 Å². The Bertz CT molecular complexity index is 1410. The van der Waals surface area contributed by atoms with E-state index in [2.05, 4.69) is 26.7 Å². The number of rotatable bonds is 4. The number of fused-ring (bicyclic) bond motifs is 2. The number of aromatic amines is 1. The van der Waals surface area contributed by atoms with Crippen LogP contribution < -0.4 is 15.5 Å². The number of aromatic nitrogens is 2. The van der Waals surface area contributed by atoms with Crippen LogP contribution in [-0.2, 0) is 12.9 Å². The average Bonchev–Trinajstić information content (AvgIpc) is 3.47. The number of benzene rings is 2. The van der Waals surface area contributed by atoms with Crippen LogP contribution in [0.3, 0.4) is 0 Å². The van der Waals surface area contributed by atoms with Gasteiger partial charge in [-0.2, -0.15) is 5.26 Å². The number of hydrogen-bond acceptors (Lipinski definition) is 4. The number of nitrogens with zero attached hydrogens (tertiary/aromatic N) is 3. The first-order valence-electron chi connectivity index (χ1n) is 10.9. The van der Waals surface area contributed by atoms with E-state index < -0.39 is 12.5 Å². The highest BCUT2D eigenvalue weighted by Crippen LogP contribution is 2.35. The van der Waals surface area contributed by atoms with Crippen molar-refractivity contribution in [2.24, 2.45) is 0 Å². The molecular formula is C24H20N6O. The number of urea groups is 1. The number of carbonyl (C=O) groups is 1. The lowest BCUT2D eigenvalue weighted by Crippen LogP contribution is -2.21. The summed E-state index contributed by atoms with van der Waals surface area (Å²) < 4.78 is 17.9. The monoisotopic (exact) mass is 410 g/mol. The zero-order valence-corrected chi connectivity index (χ0v) is 16.5. The third-order valence-corrected chi connectivity index (χ3v) is 5.29. The predicted molar refractivity (Wildman–Crippen MR) is 121 cm³/mol. The molecule has 2 aromatic carbocycles. The number of hydrogen-bond donors (Lipinski definition) is 3. The summed E-state index contributed by atoms with van der Waals surface area (Å²) in [5.74, 6) is 0. The minimum Gasteiger partial charge on any atom is -0.367 e. The predicted octanol–water partition coefficient (Wildman–Crippen LogP) is 4.64. The van der Waals surface area contributed by atoms with Crippen molar-refractivity contribution in [1.82, 2.24) is 9.97 Å². The zero-order valence-electron chi connectivity index (χ0n) is 18.5. The summed E-state index contributed by atoms with van der Waals surface area (Å²) >= 11 is 0. The smallest absolute Gasteiger partial charge is 0.323 e. The molecule has 31 heavy (non-hydrogen) atoms. The molecule has 1 aliphatic rings. The van der Waals surface area contributed by atoms with Gasteiger partial charge in [-0.3, -0.25) is 0 Å². The third kappa shape index (κ3) is 3.55. The van der Waals surface area contributed by atoms with Gasteiger partial charge in [-0.25, -0.2) is 9.78 Å². The van der Waals surface area contributed by atoms with Crippen molar-refractivity contribution in [2.45, 2.75) is 12.9 Å². The second kappa shape index (κ2) is 7.84. The number of amides is 2. The van der Waals surface area contributed by atoms with E-state index in [4.69, 9.17) is 2.74 Å². The van der Waals surface area contributed by atoms with Crippen LogP contribution in [0, 0.1) is 11.3 Å². The van der Waals surface area contributed by atoms with Gasteiger partial charge in [0.2, 0.25) is 0 Å². The quantitative estimate of drug-likeness (QED) is 0.456. The molecule has 3 heterocycles. The maximum absolute atomic E-state index is 12.6. The standard InChI is InChI=1S/C24H20N6O/c25-14-16-4-1-2-5-20(16)28-24(31)29-21-6-3-7-22-19(21)10-13-30(22)15-17-8-11-26-23-18(17)9-12-27-23/h1-9,11-12H,10,13,15H2,(H,26,27)(H2,28,29,31)/i15D2. The van der Waals surface area contributed by atoms with Crippen LogP contribution in [-0.4, -0.2) is 22.5 Å². The van der Waals surface area contributed by atoms with Gasteiger partial charge < -0.3 is 20.5 Å². The molecule has 0 saturated heterocycles. The zero-order chi connectivity index (χ0) is 23.0. The minimum absolute atomic E-state index is 0.374. The van der Waals surface area contributed by atoms with Crippen molar-refractivity contribution >= 4 is 34.1 Å². The molecule has 3 N–H and O–H groups in total. The maximum Gasteiger partial charge on any atom is 0.323 e. The summed E-state index contributed by atoms with van der Waals surface area (Å²) in [6.45, 7) is -1.31. The van der Waals surface area contributed by atoms with E-state index in [1.54, 1.807) is 59.8 Å². The van der Waals surface area contributed by atoms with E-state index in [0.717, 1.165) is 16.6 Å². The molecule has 0 atom stereocenters. The summed E-state index contributed by atoms with van der Waals surface area (Å²) in [6.07, 6.45) is 3.94. The number of nitrogens with one attached hydrogen (secondary N) is 3. The second-order valence-electron chi connectivity index (χ2n) is 7.15. The number of H-pyrrole nitrogens is 1. The molecule has 0 radical (unpaired) electrons. The first-order chi connectivity index (χ1) is 16.0. The lowest BCUT2D eigenvalue weighted by Gasteiger charge is -2.20. The van der Waals surface area contributed by atoms with Gasteiger partial charge in [0.15, 0.2) is 0 Å². The molecule has 0 spiro atoms. The van der Waals surface area contributed by atoms with Crippen LogP contribution >= 0.6 is 0 Å². The Kier molecular flexibility index (Phi) is 4.17. The molecule has 1 aliphatic heterocycles. The average molecular weight is 410 g/mol. The number of pyridine rings is 1. The van der Waals surface area contributed by atoms with Crippen molar-refractivity contribution in [2.75, 3.05) is 22.1 Å². The van der Waals surface area contributed by atoms with E-state index in [0.29, 0.717) is 41.1 Å². The minimum atomic E-state index is -1.78. The van der Waals surface area contributed by atoms with Crippen LogP contribution in [0.25, 0.3) is 11.0 Å². The van der Waals surface area contributed by atoms with Gasteiger partial charge in [0.25, 0.3) is 0 Å². The first-order valence-corrected chi connectivity index (χ1v) is 9.88. The molecule has 0 saturated carbocycles. The number of nitriles is 1. The van der Waals surface area contributed by atoms with Gasteiger partial charge in [0, 0.05) is 47.8 Å². The summed E-state index contributed by atoms with van der Waals surface area (Å²) in [5, 5.41) is 15.5. The highest BCUT2D eigenvalue weighted by atomic mass is 16.2. The lowest BCUT2D eigenvalue weighted by molar-refractivity contribution is 0.262. The fourth-order valence-corrected chi connectivity index (χ4v) is 3.84. The van der Waals surface area contributed by atoms with E-state index in [-0.39, 0.29) is 0 Å². The first kappa shape index (κ1) is 16.5. The summed E-state index contributed by atoms with van der Waals surface area (Å²) in [7, 11) is 0. The van der Waals surface area contributed by atoms with Crippen molar-refractivity contribution in [1.29, 1.82) is 5.26 Å². The Labute approximate surface area is 182 Å². The maximum atomic E-state index is 12.6. The highest BCUT2D eigenvalue weighted by molar-refractivity contribution is 6.01. The van der Waals surface area contributed by atoms with Gasteiger partial charge >= 0.3 is 6.03 Å². The Morgan fingerprint density at radius 1 is 1.16 bits per heavy atom. The Morgan fingerprint density at radius 3 is 2.90 bits per heavy atom. The molecular weight excluding hydrogens is 388 g/mol. The van der Waals surface area contributed by atoms with Crippen molar-refractivity contribution in [3.8, 4) is 6.07 Å². The molecule has 7 heteroatoms. The normalized spacial score (nSPS) is 13.8. The molecule has 0 bridgehead atoms. The van der Waals surface area contributed by atoms with E-state index in [1.165, 1.54) is 0 Å². The molecule has 7 nitrogen and oxygen atoms in total. The van der Waals surface area contributed by atoms with Gasteiger partial charge in [0.1, 0.15) is 11.7 Å². The summed E-state index contributed by atoms with van der Waals surface area (Å²) in [4.78, 5) is 21.7. The molecule has 5 rings (SSSR count). The molecule has 2 aromatic heterocycles. The Balaban J connectivity index is 1.43. The summed E-state index contributed by atoms with van der Waals surface area (Å²) in [5.41, 5.74) is 4.18.